The molecule has 2 fully saturated rings. The van der Waals surface area contributed by atoms with E-state index in [-0.39, 0.29) is 0 Å². The van der Waals surface area contributed by atoms with Crippen molar-refractivity contribution >= 4 is 0 Å². The lowest BCUT2D eigenvalue weighted by Gasteiger charge is -2.36. The van der Waals surface area contributed by atoms with Gasteiger partial charge in [0.15, 0.2) is 0 Å². The monoisotopic (exact) mass is 328 g/mol. The van der Waals surface area contributed by atoms with Crippen LogP contribution in [0.15, 0.2) is 36.5 Å². The second-order valence-corrected chi connectivity index (χ2v) is 6.13. The van der Waals surface area contributed by atoms with Crippen molar-refractivity contribution in [2.75, 3.05) is 7.05 Å². The Hall–Kier alpha value is -1.68. The van der Waals surface area contributed by atoms with Gasteiger partial charge >= 0.3 is 0 Å². The van der Waals surface area contributed by atoms with Gasteiger partial charge in [-0.25, -0.2) is 4.68 Å². The fourth-order valence-electron chi connectivity index (χ4n) is 3.80. The first-order valence-corrected chi connectivity index (χ1v) is 9.50. The van der Waals surface area contributed by atoms with Gasteiger partial charge in [-0.2, -0.15) is 0 Å². The first-order chi connectivity index (χ1) is 11.8. The zero-order chi connectivity index (χ0) is 17.5. The van der Waals surface area contributed by atoms with Gasteiger partial charge < -0.3 is 4.90 Å². The number of rotatable bonds is 2. The predicted molar refractivity (Wildman–Crippen MR) is 101 cm³/mol. The smallest absolute Gasteiger partial charge is 0.113 e. The number of piperidine rings is 1. The van der Waals surface area contributed by atoms with Crippen molar-refractivity contribution in [3.05, 3.63) is 36.5 Å². The van der Waals surface area contributed by atoms with E-state index in [1.165, 1.54) is 25.7 Å². The van der Waals surface area contributed by atoms with Gasteiger partial charge in [-0.15, -0.1) is 5.10 Å². The summed E-state index contributed by atoms with van der Waals surface area (Å²) >= 11 is 0. The van der Waals surface area contributed by atoms with Crippen molar-refractivity contribution in [2.24, 2.45) is 0 Å². The quantitative estimate of drug-likeness (QED) is 0.794. The standard InChI is InChI=1S/C16H20N4.2C2H6/c1-19-13-7-8-14(19)10-15(9-13)20-11-16(17-18-20)12-5-3-2-4-6-12;2*1-2/h2-6,11,13-15H,7-10H2,1H3;2*1-2H3. The maximum Gasteiger partial charge on any atom is 0.113 e. The average Bonchev–Trinajstić information content (AvgIpc) is 3.21. The molecule has 0 amide bonds. The summed E-state index contributed by atoms with van der Waals surface area (Å²) in [4.78, 5) is 2.56. The number of fused-ring (bicyclic) bond motifs is 2. The Morgan fingerprint density at radius 1 is 0.875 bits per heavy atom. The van der Waals surface area contributed by atoms with Gasteiger partial charge in [-0.3, -0.25) is 0 Å². The van der Waals surface area contributed by atoms with Crippen molar-refractivity contribution in [3.8, 4) is 11.3 Å². The minimum absolute atomic E-state index is 0.522. The van der Waals surface area contributed by atoms with Crippen molar-refractivity contribution in [3.63, 3.8) is 0 Å². The van der Waals surface area contributed by atoms with Gasteiger partial charge in [0.25, 0.3) is 0 Å². The van der Waals surface area contributed by atoms with Crippen LogP contribution in [0.3, 0.4) is 0 Å². The Morgan fingerprint density at radius 2 is 1.46 bits per heavy atom. The molecular formula is C20H32N4. The molecule has 3 heterocycles. The lowest BCUT2D eigenvalue weighted by molar-refractivity contribution is 0.130. The van der Waals surface area contributed by atoms with Crippen LogP contribution in [-0.4, -0.2) is 39.0 Å². The Morgan fingerprint density at radius 3 is 2.04 bits per heavy atom. The fourth-order valence-corrected chi connectivity index (χ4v) is 3.80. The van der Waals surface area contributed by atoms with Crippen molar-refractivity contribution in [1.29, 1.82) is 0 Å². The van der Waals surface area contributed by atoms with Gasteiger partial charge in [0.05, 0.1) is 12.2 Å². The minimum Gasteiger partial charge on any atom is -0.300 e. The Kier molecular flexibility index (Phi) is 6.98. The topological polar surface area (TPSA) is 34.0 Å². The van der Waals surface area contributed by atoms with Crippen LogP contribution in [0.4, 0.5) is 0 Å². The third-order valence-corrected chi connectivity index (χ3v) is 5.03. The minimum atomic E-state index is 0.522. The lowest BCUT2D eigenvalue weighted by atomic mass is 9.98. The number of hydrogen-bond acceptors (Lipinski definition) is 3. The molecule has 4 rings (SSSR count). The maximum absolute atomic E-state index is 4.39. The highest BCUT2D eigenvalue weighted by molar-refractivity contribution is 5.57. The number of hydrogen-bond donors (Lipinski definition) is 0. The lowest BCUT2D eigenvalue weighted by Crippen LogP contribution is -2.40. The molecule has 0 radical (unpaired) electrons. The van der Waals surface area contributed by atoms with Gasteiger partial charge in [0.2, 0.25) is 0 Å². The van der Waals surface area contributed by atoms with E-state index < -0.39 is 0 Å². The maximum atomic E-state index is 4.39. The molecule has 1 aromatic carbocycles. The zero-order valence-electron chi connectivity index (χ0n) is 15.8. The molecule has 2 aliphatic heterocycles. The molecule has 24 heavy (non-hydrogen) atoms. The number of nitrogens with zero attached hydrogens (tertiary/aromatic N) is 4. The van der Waals surface area contributed by atoms with Crippen LogP contribution >= 0.6 is 0 Å². The summed E-state index contributed by atoms with van der Waals surface area (Å²) in [5.41, 5.74) is 2.13. The molecule has 0 aliphatic carbocycles. The molecule has 132 valence electrons. The molecule has 2 saturated heterocycles. The Bertz CT molecular complexity index is 579. The molecule has 0 spiro atoms. The molecule has 2 atom stereocenters. The van der Waals surface area contributed by atoms with E-state index >= 15 is 0 Å². The Balaban J connectivity index is 0.000000487. The molecule has 0 N–H and O–H groups in total. The largest absolute Gasteiger partial charge is 0.300 e. The van der Waals surface area contributed by atoms with Gasteiger partial charge in [-0.1, -0.05) is 63.2 Å². The molecule has 2 bridgehead atoms. The van der Waals surface area contributed by atoms with E-state index in [0.717, 1.165) is 23.3 Å². The molecule has 0 saturated carbocycles. The first-order valence-electron chi connectivity index (χ1n) is 9.50. The van der Waals surface area contributed by atoms with Gasteiger partial charge in [0, 0.05) is 17.6 Å². The molecule has 2 aromatic rings. The number of benzene rings is 1. The van der Waals surface area contributed by atoms with Crippen LogP contribution in [0.5, 0.6) is 0 Å². The number of aromatic nitrogens is 3. The summed E-state index contributed by atoms with van der Waals surface area (Å²) in [7, 11) is 2.27. The van der Waals surface area contributed by atoms with Crippen LogP contribution in [-0.2, 0) is 0 Å². The van der Waals surface area contributed by atoms with Crippen LogP contribution in [0.2, 0.25) is 0 Å². The van der Waals surface area contributed by atoms with E-state index in [4.69, 9.17) is 0 Å². The average molecular weight is 329 g/mol. The van der Waals surface area contributed by atoms with Crippen molar-refractivity contribution in [1.82, 2.24) is 19.9 Å². The Labute approximate surface area is 146 Å². The predicted octanol–water partition coefficient (Wildman–Crippen LogP) is 4.80. The highest BCUT2D eigenvalue weighted by atomic mass is 15.4. The van der Waals surface area contributed by atoms with Gasteiger partial charge in [0.1, 0.15) is 5.69 Å². The molecular weight excluding hydrogens is 296 g/mol. The van der Waals surface area contributed by atoms with E-state index in [1.54, 1.807) is 0 Å². The summed E-state index contributed by atoms with van der Waals surface area (Å²) in [6, 6.07) is 12.3. The van der Waals surface area contributed by atoms with E-state index in [0.29, 0.717) is 6.04 Å². The van der Waals surface area contributed by atoms with E-state index in [2.05, 4.69) is 45.3 Å². The van der Waals surface area contributed by atoms with Crippen molar-refractivity contribution in [2.45, 2.75) is 71.5 Å². The fraction of sp³-hybridized carbons (Fsp3) is 0.600. The van der Waals surface area contributed by atoms with E-state index in [1.807, 2.05) is 45.9 Å². The summed E-state index contributed by atoms with van der Waals surface area (Å²) in [5.74, 6) is 0. The van der Waals surface area contributed by atoms with Crippen LogP contribution < -0.4 is 0 Å². The first kappa shape index (κ1) is 18.7. The highest BCUT2D eigenvalue weighted by Crippen LogP contribution is 2.39. The molecule has 2 unspecified atom stereocenters. The molecule has 4 nitrogen and oxygen atoms in total. The van der Waals surface area contributed by atoms with Crippen LogP contribution in [0.1, 0.15) is 59.4 Å². The summed E-state index contributed by atoms with van der Waals surface area (Å²) in [6.45, 7) is 8.00. The molecule has 2 aliphatic rings. The third-order valence-electron chi connectivity index (χ3n) is 5.03. The van der Waals surface area contributed by atoms with Crippen LogP contribution in [0, 0.1) is 0 Å². The zero-order valence-corrected chi connectivity index (χ0v) is 15.8. The second-order valence-electron chi connectivity index (χ2n) is 6.13. The third kappa shape index (κ3) is 3.86. The summed E-state index contributed by atoms with van der Waals surface area (Å²) in [5, 5.41) is 8.74. The highest BCUT2D eigenvalue weighted by Gasteiger charge is 2.39. The van der Waals surface area contributed by atoms with E-state index in [9.17, 15) is 0 Å². The van der Waals surface area contributed by atoms with Gasteiger partial charge in [-0.05, 0) is 32.7 Å². The summed E-state index contributed by atoms with van der Waals surface area (Å²) in [6.07, 6.45) is 7.23. The summed E-state index contributed by atoms with van der Waals surface area (Å²) < 4.78 is 2.10. The SMILES string of the molecule is CC.CC.CN1C2CCC1CC(n1cc(-c3ccccc3)nn1)C2. The second kappa shape index (κ2) is 8.97. The van der Waals surface area contributed by atoms with Crippen molar-refractivity contribution < 1.29 is 0 Å². The normalized spacial score (nSPS) is 25.3. The molecule has 4 heteroatoms. The molecule has 1 aromatic heterocycles. The van der Waals surface area contributed by atoms with Crippen LogP contribution in [0.25, 0.3) is 11.3 Å².